The second-order valence-corrected chi connectivity index (χ2v) is 6.93. The van der Waals surface area contributed by atoms with E-state index in [1.165, 1.54) is 10.9 Å². The van der Waals surface area contributed by atoms with Crippen molar-refractivity contribution in [2.75, 3.05) is 13.1 Å². The van der Waals surface area contributed by atoms with E-state index in [-0.39, 0.29) is 11.0 Å². The minimum Gasteiger partial charge on any atom is -0.317 e. The Morgan fingerprint density at radius 3 is 2.90 bits per heavy atom. The maximum atomic E-state index is 12.9. The Morgan fingerprint density at radius 1 is 1.30 bits per heavy atom. The van der Waals surface area contributed by atoms with Crippen LogP contribution in [0.25, 0.3) is 5.78 Å². The zero-order valence-corrected chi connectivity index (χ0v) is 12.4. The number of nitrogens with zero attached hydrogens (tertiary/aromatic N) is 3. The molecule has 0 bridgehead atoms. The molecule has 5 rings (SSSR count). The number of H-pyrrole nitrogens is 1. The minimum absolute atomic E-state index is 0.0531. The van der Waals surface area contributed by atoms with Crippen LogP contribution in [0.5, 0.6) is 0 Å². The third kappa shape index (κ3) is 1.21. The molecule has 104 valence electrons. The molecule has 2 fully saturated rings. The molecule has 20 heavy (non-hydrogen) atoms. The predicted octanol–water partition coefficient (Wildman–Crippen LogP) is 0.918. The largest absolute Gasteiger partial charge is 0.317 e. The van der Waals surface area contributed by atoms with Crippen molar-refractivity contribution in [1.29, 1.82) is 0 Å². The Balaban J connectivity index is 1.84. The lowest BCUT2D eigenvalue weighted by molar-refractivity contribution is 0.276. The Morgan fingerprint density at radius 2 is 2.10 bits per heavy atom. The van der Waals surface area contributed by atoms with Crippen LogP contribution in [0.3, 0.4) is 0 Å². The molecule has 7 heteroatoms. The van der Waals surface area contributed by atoms with Crippen LogP contribution in [0, 0.1) is 5.92 Å². The molecular formula is C13H14BrN5O. The van der Waals surface area contributed by atoms with Crippen LogP contribution < -0.4 is 10.9 Å². The highest BCUT2D eigenvalue weighted by atomic mass is 79.9. The van der Waals surface area contributed by atoms with Crippen molar-refractivity contribution in [2.45, 2.75) is 30.6 Å². The van der Waals surface area contributed by atoms with Crippen LogP contribution in [0.2, 0.25) is 0 Å². The fourth-order valence-electron chi connectivity index (χ4n) is 4.43. The molecule has 2 N–H and O–H groups in total. The Labute approximate surface area is 123 Å². The van der Waals surface area contributed by atoms with Crippen LogP contribution in [-0.2, 0) is 5.41 Å². The van der Waals surface area contributed by atoms with E-state index < -0.39 is 0 Å². The predicted molar refractivity (Wildman–Crippen MR) is 75.9 cm³/mol. The molecular weight excluding hydrogens is 322 g/mol. The van der Waals surface area contributed by atoms with Gasteiger partial charge in [-0.3, -0.25) is 9.89 Å². The van der Waals surface area contributed by atoms with E-state index in [4.69, 9.17) is 0 Å². The zero-order chi connectivity index (χ0) is 13.5. The van der Waals surface area contributed by atoms with Gasteiger partial charge in [-0.05, 0) is 54.2 Å². The van der Waals surface area contributed by atoms with Gasteiger partial charge in [-0.1, -0.05) is 0 Å². The lowest BCUT2D eigenvalue weighted by atomic mass is 9.72. The summed E-state index contributed by atoms with van der Waals surface area (Å²) in [4.78, 5) is 21.8. The Hall–Kier alpha value is -1.21. The number of aromatic amines is 1. The summed E-state index contributed by atoms with van der Waals surface area (Å²) in [5, 5.41) is 6.35. The number of rotatable bonds is 0. The SMILES string of the molecule is O=c1c2c(nc3nc(Br)[nH]n13)C1CC1C21CCNCC1. The summed E-state index contributed by atoms with van der Waals surface area (Å²) < 4.78 is 2.04. The second kappa shape index (κ2) is 3.51. The van der Waals surface area contributed by atoms with Crippen LogP contribution >= 0.6 is 15.9 Å². The molecule has 3 aliphatic rings. The number of nitrogens with one attached hydrogen (secondary N) is 2. The number of piperidine rings is 1. The van der Waals surface area contributed by atoms with Crippen molar-refractivity contribution in [3.05, 3.63) is 26.3 Å². The third-order valence-corrected chi connectivity index (χ3v) is 5.70. The van der Waals surface area contributed by atoms with Gasteiger partial charge in [-0.25, -0.2) is 4.98 Å². The van der Waals surface area contributed by atoms with E-state index in [9.17, 15) is 4.79 Å². The average Bonchev–Trinajstić information content (AvgIpc) is 3.10. The Bertz CT molecular complexity index is 788. The molecule has 2 aromatic heterocycles. The van der Waals surface area contributed by atoms with Crippen LogP contribution in [-0.4, -0.2) is 32.7 Å². The molecule has 1 spiro atoms. The summed E-state index contributed by atoms with van der Waals surface area (Å²) in [6.07, 6.45) is 3.31. The average molecular weight is 336 g/mol. The maximum absolute atomic E-state index is 12.9. The molecule has 0 radical (unpaired) electrons. The number of fused-ring (bicyclic) bond motifs is 6. The Kier molecular flexibility index (Phi) is 2.01. The molecule has 2 aromatic rings. The summed E-state index contributed by atoms with van der Waals surface area (Å²) in [6, 6.07) is 0. The zero-order valence-electron chi connectivity index (χ0n) is 10.8. The highest BCUT2D eigenvalue weighted by Crippen LogP contribution is 2.66. The summed E-state index contributed by atoms with van der Waals surface area (Å²) in [5.41, 5.74) is 2.11. The molecule has 1 saturated carbocycles. The minimum atomic E-state index is 0.0531. The van der Waals surface area contributed by atoms with Crippen molar-refractivity contribution in [2.24, 2.45) is 5.92 Å². The van der Waals surface area contributed by atoms with E-state index in [1.807, 2.05) is 0 Å². The standard InChI is InChI=1S/C13H14BrN5O/c14-11-17-12-16-9-6-5-7(6)13(1-3-15-4-2-13)8(9)10(20)19(12)18-11/h6-7,15H,1-5H2,(H,16,17,18). The summed E-state index contributed by atoms with van der Waals surface area (Å²) >= 11 is 3.28. The summed E-state index contributed by atoms with van der Waals surface area (Å²) in [7, 11) is 0. The van der Waals surface area contributed by atoms with Gasteiger partial charge in [-0.15, -0.1) is 0 Å². The van der Waals surface area contributed by atoms with E-state index in [1.54, 1.807) is 0 Å². The number of hydrogen-bond donors (Lipinski definition) is 2. The first kappa shape index (κ1) is 11.4. The lowest BCUT2D eigenvalue weighted by Crippen LogP contribution is -2.44. The van der Waals surface area contributed by atoms with Gasteiger partial charge in [0, 0.05) is 16.9 Å². The van der Waals surface area contributed by atoms with E-state index in [0.717, 1.165) is 37.2 Å². The van der Waals surface area contributed by atoms with Crippen molar-refractivity contribution in [3.63, 3.8) is 0 Å². The molecule has 0 aromatic carbocycles. The van der Waals surface area contributed by atoms with Crippen molar-refractivity contribution in [3.8, 4) is 0 Å². The smallest absolute Gasteiger partial charge is 0.278 e. The van der Waals surface area contributed by atoms with Gasteiger partial charge in [0.2, 0.25) is 0 Å². The second-order valence-electron chi connectivity index (χ2n) is 6.18. The van der Waals surface area contributed by atoms with Gasteiger partial charge < -0.3 is 5.32 Å². The first-order valence-electron chi connectivity index (χ1n) is 7.10. The van der Waals surface area contributed by atoms with E-state index >= 15 is 0 Å². The number of hydrogen-bond acceptors (Lipinski definition) is 4. The normalized spacial score (nSPS) is 29.6. The molecule has 6 nitrogen and oxygen atoms in total. The molecule has 2 atom stereocenters. The monoisotopic (exact) mass is 335 g/mol. The molecule has 1 saturated heterocycles. The molecule has 3 heterocycles. The topological polar surface area (TPSA) is 75.1 Å². The summed E-state index contributed by atoms with van der Waals surface area (Å²) in [6.45, 7) is 1.99. The molecule has 2 aliphatic carbocycles. The van der Waals surface area contributed by atoms with Crippen LogP contribution in [0.15, 0.2) is 9.53 Å². The van der Waals surface area contributed by atoms with Gasteiger partial charge in [-0.2, -0.15) is 9.50 Å². The number of aromatic nitrogens is 4. The van der Waals surface area contributed by atoms with Crippen LogP contribution in [0.1, 0.15) is 36.4 Å². The first-order valence-corrected chi connectivity index (χ1v) is 7.89. The van der Waals surface area contributed by atoms with Gasteiger partial charge in [0.05, 0.1) is 5.69 Å². The molecule has 0 amide bonds. The van der Waals surface area contributed by atoms with E-state index in [2.05, 4.69) is 36.3 Å². The van der Waals surface area contributed by atoms with Gasteiger partial charge >= 0.3 is 0 Å². The van der Waals surface area contributed by atoms with Crippen molar-refractivity contribution < 1.29 is 0 Å². The highest BCUT2D eigenvalue weighted by molar-refractivity contribution is 9.10. The molecule has 1 aliphatic heterocycles. The third-order valence-electron chi connectivity index (χ3n) is 5.34. The van der Waals surface area contributed by atoms with Gasteiger partial charge in [0.25, 0.3) is 11.3 Å². The highest BCUT2D eigenvalue weighted by Gasteiger charge is 2.63. The van der Waals surface area contributed by atoms with Crippen molar-refractivity contribution in [1.82, 2.24) is 24.9 Å². The molecule has 2 unspecified atom stereocenters. The van der Waals surface area contributed by atoms with E-state index in [0.29, 0.717) is 22.3 Å². The summed E-state index contributed by atoms with van der Waals surface area (Å²) in [5.74, 6) is 1.61. The fourth-order valence-corrected chi connectivity index (χ4v) is 4.77. The quantitative estimate of drug-likeness (QED) is 0.750. The lowest BCUT2D eigenvalue weighted by Gasteiger charge is -2.35. The number of halogens is 1. The maximum Gasteiger partial charge on any atom is 0.278 e. The fraction of sp³-hybridized carbons (Fsp3) is 0.615. The first-order chi connectivity index (χ1) is 9.71. The van der Waals surface area contributed by atoms with Gasteiger partial charge in [0.15, 0.2) is 4.73 Å². The van der Waals surface area contributed by atoms with Gasteiger partial charge in [0.1, 0.15) is 0 Å². The van der Waals surface area contributed by atoms with Crippen LogP contribution in [0.4, 0.5) is 0 Å². The van der Waals surface area contributed by atoms with Crippen molar-refractivity contribution >= 4 is 21.7 Å².